The van der Waals surface area contributed by atoms with Crippen molar-refractivity contribution in [1.29, 1.82) is 0 Å². The first-order valence-corrected chi connectivity index (χ1v) is 8.30. The molecular weight excluding hydrogens is 326 g/mol. The van der Waals surface area contributed by atoms with Crippen molar-refractivity contribution in [3.63, 3.8) is 0 Å². The van der Waals surface area contributed by atoms with Crippen molar-refractivity contribution in [2.45, 2.75) is 44.6 Å². The monoisotopic (exact) mass is 349 g/mol. The smallest absolute Gasteiger partial charge is 0.306 e. The quantitative estimate of drug-likeness (QED) is 0.405. The summed E-state index contributed by atoms with van der Waals surface area (Å²) in [6, 6.07) is 5.19. The largest absolute Gasteiger partial charge is 0.493 e. The molecule has 0 spiro atoms. The van der Waals surface area contributed by atoms with Crippen molar-refractivity contribution in [2.24, 2.45) is 0 Å². The molecule has 0 N–H and O–H groups in total. The second kappa shape index (κ2) is 9.05. The Hall–Kier alpha value is -2.57. The fourth-order valence-electron chi connectivity index (χ4n) is 2.80. The zero-order valence-electron chi connectivity index (χ0n) is 14.5. The third-order valence-corrected chi connectivity index (χ3v) is 4.16. The summed E-state index contributed by atoms with van der Waals surface area (Å²) in [5.74, 6) is 0.702. The zero-order valence-corrected chi connectivity index (χ0v) is 14.5. The van der Waals surface area contributed by atoms with Gasteiger partial charge in [-0.3, -0.25) is 14.9 Å². The maximum atomic E-state index is 11.2. The molecule has 1 aliphatic carbocycles. The second-order valence-corrected chi connectivity index (χ2v) is 5.90. The number of nitro groups is 1. The van der Waals surface area contributed by atoms with Gasteiger partial charge in [-0.2, -0.15) is 0 Å². The van der Waals surface area contributed by atoms with E-state index in [2.05, 4.69) is 4.74 Å². The van der Waals surface area contributed by atoms with Crippen molar-refractivity contribution in [2.75, 3.05) is 14.2 Å². The maximum Gasteiger partial charge on any atom is 0.306 e. The molecule has 0 radical (unpaired) electrons. The molecule has 1 aliphatic rings. The Bertz CT molecular complexity index is 649. The van der Waals surface area contributed by atoms with Gasteiger partial charge in [-0.1, -0.05) is 6.07 Å². The highest BCUT2D eigenvalue weighted by molar-refractivity contribution is 5.69. The van der Waals surface area contributed by atoms with Gasteiger partial charge in [-0.05, 0) is 43.4 Å². The fourth-order valence-corrected chi connectivity index (χ4v) is 2.80. The first kappa shape index (κ1) is 18.8. The van der Waals surface area contributed by atoms with Crippen LogP contribution in [0.3, 0.4) is 0 Å². The summed E-state index contributed by atoms with van der Waals surface area (Å²) < 4.78 is 15.8. The number of nitrogens with zero attached hydrogens (tertiary/aromatic N) is 1. The van der Waals surface area contributed by atoms with Crippen molar-refractivity contribution in [3.8, 4) is 11.5 Å². The SMILES string of the molecule is COC(=O)CC/C(=C\c1ccc(OC)c(OC2CCCC2)c1)[N+](=O)[O-]. The molecule has 1 aromatic rings. The summed E-state index contributed by atoms with van der Waals surface area (Å²) in [5, 5.41) is 11.2. The minimum atomic E-state index is -0.481. The summed E-state index contributed by atoms with van der Waals surface area (Å²) in [5.41, 5.74) is 0.577. The van der Waals surface area contributed by atoms with Crippen LogP contribution in [0.4, 0.5) is 0 Å². The van der Waals surface area contributed by atoms with E-state index in [1.165, 1.54) is 13.2 Å². The van der Waals surface area contributed by atoms with Crippen LogP contribution in [0.15, 0.2) is 23.9 Å². The molecule has 0 unspecified atom stereocenters. The highest BCUT2D eigenvalue weighted by Crippen LogP contribution is 2.33. The lowest BCUT2D eigenvalue weighted by Crippen LogP contribution is -2.11. The number of carbonyl (C=O) groups excluding carboxylic acids is 1. The molecule has 1 aromatic carbocycles. The molecule has 0 aromatic heterocycles. The molecule has 0 bridgehead atoms. The average molecular weight is 349 g/mol. The van der Waals surface area contributed by atoms with Crippen LogP contribution in [-0.2, 0) is 9.53 Å². The van der Waals surface area contributed by atoms with Gasteiger partial charge in [-0.15, -0.1) is 0 Å². The Balaban J connectivity index is 2.20. The Morgan fingerprint density at radius 1 is 1.24 bits per heavy atom. The molecular formula is C18H23NO6. The van der Waals surface area contributed by atoms with Gasteiger partial charge in [0.2, 0.25) is 5.70 Å². The van der Waals surface area contributed by atoms with Gasteiger partial charge in [0.1, 0.15) is 0 Å². The van der Waals surface area contributed by atoms with Gasteiger partial charge in [-0.25, -0.2) is 0 Å². The highest BCUT2D eigenvalue weighted by Gasteiger charge is 2.19. The molecule has 0 heterocycles. The molecule has 7 nitrogen and oxygen atoms in total. The van der Waals surface area contributed by atoms with Gasteiger partial charge < -0.3 is 14.2 Å². The van der Waals surface area contributed by atoms with E-state index >= 15 is 0 Å². The molecule has 0 atom stereocenters. The van der Waals surface area contributed by atoms with Crippen LogP contribution in [-0.4, -0.2) is 31.2 Å². The first-order chi connectivity index (χ1) is 12.0. The summed E-state index contributed by atoms with van der Waals surface area (Å²) in [6.45, 7) is 0. The lowest BCUT2D eigenvalue weighted by atomic mass is 10.1. The van der Waals surface area contributed by atoms with Gasteiger partial charge in [0.05, 0.1) is 31.7 Å². The molecule has 25 heavy (non-hydrogen) atoms. The number of methoxy groups -OCH3 is 2. The van der Waals surface area contributed by atoms with E-state index in [-0.39, 0.29) is 24.6 Å². The highest BCUT2D eigenvalue weighted by atomic mass is 16.6. The lowest BCUT2D eigenvalue weighted by molar-refractivity contribution is -0.426. The molecule has 0 saturated heterocycles. The van der Waals surface area contributed by atoms with Crippen LogP contribution in [0.1, 0.15) is 44.1 Å². The van der Waals surface area contributed by atoms with Crippen LogP contribution in [0.25, 0.3) is 6.08 Å². The zero-order chi connectivity index (χ0) is 18.2. The van der Waals surface area contributed by atoms with Crippen LogP contribution in [0.2, 0.25) is 0 Å². The molecule has 136 valence electrons. The topological polar surface area (TPSA) is 87.9 Å². The summed E-state index contributed by atoms with van der Waals surface area (Å²) in [7, 11) is 2.82. The van der Waals surface area contributed by atoms with E-state index in [4.69, 9.17) is 9.47 Å². The average Bonchev–Trinajstić information content (AvgIpc) is 3.11. The number of ether oxygens (including phenoxy) is 3. The minimum absolute atomic E-state index is 0.00448. The third-order valence-electron chi connectivity index (χ3n) is 4.16. The molecule has 1 fully saturated rings. The van der Waals surface area contributed by atoms with E-state index in [0.717, 1.165) is 25.7 Å². The number of esters is 1. The van der Waals surface area contributed by atoms with Gasteiger partial charge >= 0.3 is 5.97 Å². The number of benzene rings is 1. The van der Waals surface area contributed by atoms with Gasteiger partial charge in [0, 0.05) is 12.5 Å². The fraction of sp³-hybridized carbons (Fsp3) is 0.500. The Labute approximate surface area is 146 Å². The van der Waals surface area contributed by atoms with E-state index in [9.17, 15) is 14.9 Å². The Morgan fingerprint density at radius 2 is 1.96 bits per heavy atom. The van der Waals surface area contributed by atoms with Crippen LogP contribution >= 0.6 is 0 Å². The van der Waals surface area contributed by atoms with Gasteiger partial charge in [0.25, 0.3) is 0 Å². The van der Waals surface area contributed by atoms with E-state index in [1.807, 2.05) is 0 Å². The van der Waals surface area contributed by atoms with E-state index in [1.54, 1.807) is 25.3 Å². The lowest BCUT2D eigenvalue weighted by Gasteiger charge is -2.16. The van der Waals surface area contributed by atoms with Crippen molar-refractivity contribution in [1.82, 2.24) is 0 Å². The molecule has 2 rings (SSSR count). The normalized spacial score (nSPS) is 15.0. The standard InChI is InChI=1S/C18H23NO6/c1-23-16-9-7-13(12-17(16)25-15-5-3-4-6-15)11-14(19(21)22)8-10-18(20)24-2/h7,9,11-12,15H,3-6,8,10H2,1-2H3/b14-11+. The van der Waals surface area contributed by atoms with Crippen molar-refractivity contribution in [3.05, 3.63) is 39.6 Å². The summed E-state index contributed by atoms with van der Waals surface area (Å²) in [4.78, 5) is 22.0. The first-order valence-electron chi connectivity index (χ1n) is 8.30. The molecule has 7 heteroatoms. The van der Waals surface area contributed by atoms with E-state index < -0.39 is 10.9 Å². The predicted octanol–water partition coefficient (Wildman–Crippen LogP) is 3.59. The predicted molar refractivity (Wildman–Crippen MR) is 92.1 cm³/mol. The number of hydrogen-bond donors (Lipinski definition) is 0. The second-order valence-electron chi connectivity index (χ2n) is 5.90. The number of rotatable bonds is 8. The molecule has 0 aliphatic heterocycles. The van der Waals surface area contributed by atoms with Crippen molar-refractivity contribution < 1.29 is 23.9 Å². The summed E-state index contributed by atoms with van der Waals surface area (Å²) in [6.07, 6.45) is 5.86. The Kier molecular flexibility index (Phi) is 6.80. The van der Waals surface area contributed by atoms with E-state index in [0.29, 0.717) is 17.1 Å². The number of carbonyl (C=O) groups is 1. The number of allylic oxidation sites excluding steroid dienone is 1. The minimum Gasteiger partial charge on any atom is -0.493 e. The summed E-state index contributed by atoms with van der Waals surface area (Å²) >= 11 is 0. The van der Waals surface area contributed by atoms with Crippen LogP contribution in [0.5, 0.6) is 11.5 Å². The van der Waals surface area contributed by atoms with Crippen LogP contribution < -0.4 is 9.47 Å². The van der Waals surface area contributed by atoms with Gasteiger partial charge in [0.15, 0.2) is 11.5 Å². The Morgan fingerprint density at radius 3 is 2.56 bits per heavy atom. The molecule has 0 amide bonds. The number of hydrogen-bond acceptors (Lipinski definition) is 6. The third kappa shape index (κ3) is 5.48. The van der Waals surface area contributed by atoms with Crippen LogP contribution in [0, 0.1) is 10.1 Å². The van der Waals surface area contributed by atoms with Crippen molar-refractivity contribution >= 4 is 12.0 Å². The maximum absolute atomic E-state index is 11.2. The molecule has 1 saturated carbocycles.